The van der Waals surface area contributed by atoms with E-state index in [-0.39, 0.29) is 24.0 Å². The van der Waals surface area contributed by atoms with Crippen LogP contribution in [0.15, 0.2) is 23.2 Å². The summed E-state index contributed by atoms with van der Waals surface area (Å²) in [6.07, 6.45) is 0. The molecule has 1 atom stereocenters. The Hall–Kier alpha value is -1.30. The van der Waals surface area contributed by atoms with E-state index in [0.29, 0.717) is 6.04 Å². The first-order chi connectivity index (χ1) is 15.6. The molecule has 0 radical (unpaired) electrons. The fraction of sp³-hybridized carbons (Fsp3) is 0.708. The average molecular weight is 575 g/mol. The van der Waals surface area contributed by atoms with Crippen molar-refractivity contribution in [3.05, 3.63) is 23.8 Å². The lowest BCUT2D eigenvalue weighted by molar-refractivity contribution is 0.106. The molecule has 3 rings (SSSR count). The summed E-state index contributed by atoms with van der Waals surface area (Å²) in [4.78, 5) is 14.5. The van der Waals surface area contributed by atoms with Gasteiger partial charge in [-0.25, -0.2) is 0 Å². The summed E-state index contributed by atoms with van der Waals surface area (Å²) in [5.41, 5.74) is 1.17. The Balaban J connectivity index is 0.00000385. The Morgan fingerprint density at radius 3 is 2.24 bits per heavy atom. The molecule has 2 heterocycles. The fourth-order valence-electron chi connectivity index (χ4n) is 4.58. The van der Waals surface area contributed by atoms with Gasteiger partial charge in [-0.15, -0.1) is 24.0 Å². The van der Waals surface area contributed by atoms with Crippen LogP contribution in [0.3, 0.4) is 0 Å². The predicted octanol–water partition coefficient (Wildman–Crippen LogP) is 2.04. The molecule has 9 heteroatoms. The largest absolute Gasteiger partial charge is 0.497 e. The van der Waals surface area contributed by atoms with Crippen LogP contribution in [0.5, 0.6) is 11.5 Å². The van der Waals surface area contributed by atoms with E-state index in [4.69, 9.17) is 9.47 Å². The minimum Gasteiger partial charge on any atom is -0.497 e. The van der Waals surface area contributed by atoms with Crippen LogP contribution in [0.4, 0.5) is 0 Å². The SMILES string of the molecule is CCN1CCN(C(C)CNC(=NC)N2CCN(Cc3cc(OC)ccc3OC)CC2)CC1.I. The molecule has 2 aliphatic heterocycles. The van der Waals surface area contributed by atoms with Gasteiger partial charge in [0.25, 0.3) is 0 Å². The van der Waals surface area contributed by atoms with Crippen LogP contribution in [0.25, 0.3) is 0 Å². The molecule has 33 heavy (non-hydrogen) atoms. The van der Waals surface area contributed by atoms with Gasteiger partial charge in [0, 0.05) is 84.1 Å². The maximum absolute atomic E-state index is 5.55. The number of halogens is 1. The Kier molecular flexibility index (Phi) is 12.0. The molecular weight excluding hydrogens is 531 g/mol. The molecule has 2 saturated heterocycles. The summed E-state index contributed by atoms with van der Waals surface area (Å²) in [5.74, 6) is 2.80. The number of nitrogens with zero attached hydrogens (tertiary/aromatic N) is 5. The topological polar surface area (TPSA) is 55.8 Å². The van der Waals surface area contributed by atoms with Gasteiger partial charge in [0.05, 0.1) is 14.2 Å². The summed E-state index contributed by atoms with van der Waals surface area (Å²) in [5, 5.41) is 3.62. The van der Waals surface area contributed by atoms with Crippen molar-refractivity contribution in [2.45, 2.75) is 26.4 Å². The molecule has 0 spiro atoms. The summed E-state index contributed by atoms with van der Waals surface area (Å²) in [6, 6.07) is 6.51. The first kappa shape index (κ1) is 27.9. The van der Waals surface area contributed by atoms with Gasteiger partial charge in [0.15, 0.2) is 5.96 Å². The number of benzene rings is 1. The Labute approximate surface area is 217 Å². The molecule has 188 valence electrons. The van der Waals surface area contributed by atoms with Gasteiger partial charge < -0.3 is 24.6 Å². The van der Waals surface area contributed by atoms with Crippen LogP contribution in [0.1, 0.15) is 19.4 Å². The highest BCUT2D eigenvalue weighted by molar-refractivity contribution is 14.0. The number of guanidine groups is 1. The minimum atomic E-state index is 0. The number of rotatable bonds is 8. The third-order valence-electron chi connectivity index (χ3n) is 6.80. The van der Waals surface area contributed by atoms with E-state index in [9.17, 15) is 0 Å². The fourth-order valence-corrected chi connectivity index (χ4v) is 4.58. The molecule has 2 fully saturated rings. The quantitative estimate of drug-likeness (QED) is 0.290. The van der Waals surface area contributed by atoms with Gasteiger partial charge in [-0.05, 0) is 31.7 Å². The van der Waals surface area contributed by atoms with E-state index < -0.39 is 0 Å². The second kappa shape index (κ2) is 14.2. The number of piperazine rings is 2. The third kappa shape index (κ3) is 7.87. The van der Waals surface area contributed by atoms with Crippen molar-refractivity contribution in [3.63, 3.8) is 0 Å². The van der Waals surface area contributed by atoms with Crippen molar-refractivity contribution in [2.75, 3.05) is 86.7 Å². The van der Waals surface area contributed by atoms with Crippen molar-refractivity contribution < 1.29 is 9.47 Å². The van der Waals surface area contributed by atoms with Gasteiger partial charge in [0.2, 0.25) is 0 Å². The highest BCUT2D eigenvalue weighted by Gasteiger charge is 2.23. The normalized spacial score (nSPS) is 19.7. The molecule has 1 N–H and O–H groups in total. The lowest BCUT2D eigenvalue weighted by atomic mass is 10.1. The number of likely N-dealkylation sites (N-methyl/N-ethyl adjacent to an activating group) is 1. The van der Waals surface area contributed by atoms with Crippen LogP contribution < -0.4 is 14.8 Å². The second-order valence-electron chi connectivity index (χ2n) is 8.69. The van der Waals surface area contributed by atoms with Crippen molar-refractivity contribution >= 4 is 29.9 Å². The van der Waals surface area contributed by atoms with Crippen LogP contribution >= 0.6 is 24.0 Å². The average Bonchev–Trinajstić information content (AvgIpc) is 2.85. The van der Waals surface area contributed by atoms with Gasteiger partial charge in [-0.1, -0.05) is 6.92 Å². The molecular formula is C24H43IN6O2. The molecule has 8 nitrogen and oxygen atoms in total. The molecule has 1 aromatic rings. The maximum Gasteiger partial charge on any atom is 0.193 e. The first-order valence-electron chi connectivity index (χ1n) is 11.9. The van der Waals surface area contributed by atoms with Crippen LogP contribution in [0.2, 0.25) is 0 Å². The lowest BCUT2D eigenvalue weighted by Crippen LogP contribution is -2.55. The van der Waals surface area contributed by atoms with Gasteiger partial charge in [-0.3, -0.25) is 14.8 Å². The van der Waals surface area contributed by atoms with Crippen molar-refractivity contribution in [1.29, 1.82) is 0 Å². The summed E-state index contributed by atoms with van der Waals surface area (Å²) >= 11 is 0. The highest BCUT2D eigenvalue weighted by Crippen LogP contribution is 2.25. The van der Waals surface area contributed by atoms with Crippen LogP contribution in [-0.4, -0.2) is 118 Å². The number of hydrogen-bond donors (Lipinski definition) is 1. The number of methoxy groups -OCH3 is 2. The van der Waals surface area contributed by atoms with Gasteiger partial charge in [0.1, 0.15) is 11.5 Å². The van der Waals surface area contributed by atoms with Crippen molar-refractivity contribution in [3.8, 4) is 11.5 Å². The lowest BCUT2D eigenvalue weighted by Gasteiger charge is -2.39. The van der Waals surface area contributed by atoms with Gasteiger partial charge in [-0.2, -0.15) is 0 Å². The second-order valence-corrected chi connectivity index (χ2v) is 8.69. The Bertz CT molecular complexity index is 734. The number of hydrogen-bond acceptors (Lipinski definition) is 6. The molecule has 0 amide bonds. The zero-order valence-corrected chi connectivity index (χ0v) is 23.4. The van der Waals surface area contributed by atoms with Gasteiger partial charge >= 0.3 is 0 Å². The number of ether oxygens (including phenoxy) is 2. The summed E-state index contributed by atoms with van der Waals surface area (Å²) < 4.78 is 10.9. The van der Waals surface area contributed by atoms with Crippen LogP contribution in [-0.2, 0) is 6.54 Å². The third-order valence-corrected chi connectivity index (χ3v) is 6.80. The number of nitrogens with one attached hydrogen (secondary N) is 1. The van der Waals surface area contributed by atoms with Crippen LogP contribution in [0, 0.1) is 0 Å². The Morgan fingerprint density at radius 1 is 1.00 bits per heavy atom. The predicted molar refractivity (Wildman–Crippen MR) is 146 cm³/mol. The highest BCUT2D eigenvalue weighted by atomic mass is 127. The summed E-state index contributed by atoms with van der Waals surface area (Å²) in [7, 11) is 5.32. The van der Waals surface area contributed by atoms with E-state index in [2.05, 4.69) is 49.8 Å². The molecule has 1 aromatic carbocycles. The molecule has 1 unspecified atom stereocenters. The monoisotopic (exact) mass is 574 g/mol. The minimum absolute atomic E-state index is 0. The van der Waals surface area contributed by atoms with Crippen molar-refractivity contribution in [2.24, 2.45) is 4.99 Å². The van der Waals surface area contributed by atoms with E-state index in [1.807, 2.05) is 19.2 Å². The number of aliphatic imine (C=N–C) groups is 1. The van der Waals surface area contributed by atoms with E-state index >= 15 is 0 Å². The first-order valence-corrected chi connectivity index (χ1v) is 11.9. The molecule has 2 aliphatic rings. The van der Waals surface area contributed by atoms with Crippen molar-refractivity contribution in [1.82, 2.24) is 24.9 Å². The molecule has 0 aromatic heterocycles. The molecule has 0 saturated carbocycles. The molecule has 0 bridgehead atoms. The zero-order valence-electron chi connectivity index (χ0n) is 21.0. The summed E-state index contributed by atoms with van der Waals surface area (Å²) in [6.45, 7) is 16.1. The van der Waals surface area contributed by atoms with E-state index in [1.165, 1.54) is 18.7 Å². The van der Waals surface area contributed by atoms with E-state index in [1.54, 1.807) is 14.2 Å². The molecule has 0 aliphatic carbocycles. The smallest absolute Gasteiger partial charge is 0.193 e. The Morgan fingerprint density at radius 2 is 1.67 bits per heavy atom. The van der Waals surface area contributed by atoms with E-state index in [0.717, 1.165) is 76.4 Å². The zero-order chi connectivity index (χ0) is 22.9. The standard InChI is InChI=1S/C24H42N6O2.HI/c1-6-27-9-13-29(14-10-27)20(2)18-26-24(25-3)30-15-11-28(12-16-30)19-21-17-22(31-4)7-8-23(21)32-5;/h7-8,17,20H,6,9-16,18-19H2,1-5H3,(H,25,26);1H. The maximum atomic E-state index is 5.55.